The first kappa shape index (κ1) is 14.2. The molecule has 0 amide bonds. The molecule has 1 nitrogen and oxygen atoms in total. The van der Waals surface area contributed by atoms with Gasteiger partial charge in [0.15, 0.2) is 0 Å². The van der Waals surface area contributed by atoms with Gasteiger partial charge in [-0.05, 0) is 42.5 Å². The van der Waals surface area contributed by atoms with Gasteiger partial charge in [-0.2, -0.15) is 0 Å². The van der Waals surface area contributed by atoms with Crippen molar-refractivity contribution < 1.29 is 4.39 Å². The van der Waals surface area contributed by atoms with Gasteiger partial charge in [-0.1, -0.05) is 39.8 Å². The van der Waals surface area contributed by atoms with Crippen molar-refractivity contribution in [2.75, 3.05) is 6.54 Å². The number of hydrogen-bond donors (Lipinski definition) is 1. The summed E-state index contributed by atoms with van der Waals surface area (Å²) in [6, 6.07) is 7.42. The van der Waals surface area contributed by atoms with Crippen LogP contribution in [0.15, 0.2) is 24.3 Å². The van der Waals surface area contributed by atoms with Gasteiger partial charge in [-0.3, -0.25) is 0 Å². The van der Waals surface area contributed by atoms with E-state index in [0.29, 0.717) is 17.9 Å². The van der Waals surface area contributed by atoms with E-state index in [4.69, 9.17) is 0 Å². The first-order valence-corrected chi connectivity index (χ1v) is 6.59. The molecular weight excluding hydrogens is 213 g/mol. The summed E-state index contributed by atoms with van der Waals surface area (Å²) in [6.45, 7) is 9.68. The fraction of sp³-hybridized carbons (Fsp3) is 0.600. The number of rotatable bonds is 6. The van der Waals surface area contributed by atoms with Gasteiger partial charge >= 0.3 is 0 Å². The van der Waals surface area contributed by atoms with Crippen molar-refractivity contribution >= 4 is 0 Å². The van der Waals surface area contributed by atoms with Crippen LogP contribution in [0.3, 0.4) is 0 Å². The Kier molecular flexibility index (Phi) is 5.63. The van der Waals surface area contributed by atoms with Gasteiger partial charge in [0.05, 0.1) is 0 Å². The fourth-order valence-electron chi connectivity index (χ4n) is 2.51. The molecule has 0 heterocycles. The Hall–Kier alpha value is -0.890. The molecule has 0 aliphatic carbocycles. The Labute approximate surface area is 104 Å². The van der Waals surface area contributed by atoms with Gasteiger partial charge in [0, 0.05) is 6.04 Å². The lowest BCUT2D eigenvalue weighted by Gasteiger charge is -2.30. The number of halogens is 1. The standard InChI is InChI=1S/C15H24FN/c1-5-14(15(11(3)4)17-6-2)12-8-7-9-13(16)10-12/h7-11,14-15,17H,5-6H2,1-4H3. The van der Waals surface area contributed by atoms with E-state index >= 15 is 0 Å². The van der Waals surface area contributed by atoms with Crippen LogP contribution >= 0.6 is 0 Å². The topological polar surface area (TPSA) is 12.0 Å². The third kappa shape index (κ3) is 3.81. The van der Waals surface area contributed by atoms with Crippen molar-refractivity contribution in [1.82, 2.24) is 5.32 Å². The summed E-state index contributed by atoms with van der Waals surface area (Å²) in [7, 11) is 0. The third-order valence-electron chi connectivity index (χ3n) is 3.31. The molecule has 17 heavy (non-hydrogen) atoms. The smallest absolute Gasteiger partial charge is 0.123 e. The van der Waals surface area contributed by atoms with Gasteiger partial charge in [0.1, 0.15) is 5.82 Å². The number of nitrogens with one attached hydrogen (secondary N) is 1. The van der Waals surface area contributed by atoms with Gasteiger partial charge < -0.3 is 5.32 Å². The quantitative estimate of drug-likeness (QED) is 0.790. The molecule has 1 N–H and O–H groups in total. The zero-order valence-corrected chi connectivity index (χ0v) is 11.3. The van der Waals surface area contributed by atoms with Crippen LogP contribution in [-0.2, 0) is 0 Å². The van der Waals surface area contributed by atoms with Crippen molar-refractivity contribution in [3.05, 3.63) is 35.6 Å². The van der Waals surface area contributed by atoms with Gasteiger partial charge in [-0.15, -0.1) is 0 Å². The minimum Gasteiger partial charge on any atom is -0.313 e. The molecule has 1 aromatic rings. The highest BCUT2D eigenvalue weighted by Gasteiger charge is 2.23. The van der Waals surface area contributed by atoms with E-state index in [2.05, 4.69) is 33.0 Å². The SMILES string of the molecule is CCNC(C(C)C)C(CC)c1cccc(F)c1. The van der Waals surface area contributed by atoms with E-state index in [1.165, 1.54) is 6.07 Å². The van der Waals surface area contributed by atoms with E-state index in [1.54, 1.807) is 12.1 Å². The molecule has 0 saturated carbocycles. The second kappa shape index (κ2) is 6.75. The molecule has 0 radical (unpaired) electrons. The van der Waals surface area contributed by atoms with Crippen LogP contribution in [0.2, 0.25) is 0 Å². The second-order valence-electron chi connectivity index (χ2n) is 4.90. The van der Waals surface area contributed by atoms with E-state index in [0.717, 1.165) is 18.5 Å². The fourth-order valence-corrected chi connectivity index (χ4v) is 2.51. The van der Waals surface area contributed by atoms with Gasteiger partial charge in [0.2, 0.25) is 0 Å². The van der Waals surface area contributed by atoms with Crippen molar-refractivity contribution in [3.8, 4) is 0 Å². The van der Waals surface area contributed by atoms with Crippen LogP contribution in [0, 0.1) is 11.7 Å². The van der Waals surface area contributed by atoms with E-state index in [9.17, 15) is 4.39 Å². The Morgan fingerprint density at radius 1 is 1.24 bits per heavy atom. The molecule has 0 aromatic heterocycles. The van der Waals surface area contributed by atoms with Crippen LogP contribution < -0.4 is 5.32 Å². The first-order valence-electron chi connectivity index (χ1n) is 6.59. The molecule has 2 unspecified atom stereocenters. The summed E-state index contributed by atoms with van der Waals surface area (Å²) in [5.41, 5.74) is 1.10. The molecule has 0 spiro atoms. The first-order chi connectivity index (χ1) is 8.10. The van der Waals surface area contributed by atoms with Crippen molar-refractivity contribution in [3.63, 3.8) is 0 Å². The molecular formula is C15H24FN. The Morgan fingerprint density at radius 2 is 1.94 bits per heavy atom. The summed E-state index contributed by atoms with van der Waals surface area (Å²) >= 11 is 0. The molecule has 96 valence electrons. The average molecular weight is 237 g/mol. The van der Waals surface area contributed by atoms with Crippen molar-refractivity contribution in [1.29, 1.82) is 0 Å². The monoisotopic (exact) mass is 237 g/mol. The third-order valence-corrected chi connectivity index (χ3v) is 3.31. The van der Waals surface area contributed by atoms with Crippen LogP contribution in [0.1, 0.15) is 45.6 Å². The molecule has 1 rings (SSSR count). The predicted molar refractivity (Wildman–Crippen MR) is 71.7 cm³/mol. The lowest BCUT2D eigenvalue weighted by molar-refractivity contribution is 0.340. The number of likely N-dealkylation sites (N-methyl/N-ethyl adjacent to an activating group) is 1. The van der Waals surface area contributed by atoms with E-state index in [-0.39, 0.29) is 5.82 Å². The molecule has 0 aliphatic heterocycles. The zero-order valence-electron chi connectivity index (χ0n) is 11.3. The number of hydrogen-bond acceptors (Lipinski definition) is 1. The largest absolute Gasteiger partial charge is 0.313 e. The highest BCUT2D eigenvalue weighted by molar-refractivity contribution is 5.22. The van der Waals surface area contributed by atoms with Crippen LogP contribution in [0.4, 0.5) is 4.39 Å². The summed E-state index contributed by atoms with van der Waals surface area (Å²) in [5, 5.41) is 3.53. The molecule has 0 fully saturated rings. The molecule has 0 saturated heterocycles. The zero-order chi connectivity index (χ0) is 12.8. The maximum atomic E-state index is 13.3. The number of benzene rings is 1. The molecule has 2 heteroatoms. The van der Waals surface area contributed by atoms with Crippen LogP contribution in [0.5, 0.6) is 0 Å². The van der Waals surface area contributed by atoms with Gasteiger partial charge in [-0.25, -0.2) is 4.39 Å². The Bertz CT molecular complexity index is 335. The minimum absolute atomic E-state index is 0.139. The van der Waals surface area contributed by atoms with E-state index < -0.39 is 0 Å². The highest BCUT2D eigenvalue weighted by Crippen LogP contribution is 2.27. The molecule has 1 aromatic carbocycles. The van der Waals surface area contributed by atoms with Crippen molar-refractivity contribution in [2.24, 2.45) is 5.92 Å². The maximum Gasteiger partial charge on any atom is 0.123 e. The second-order valence-corrected chi connectivity index (χ2v) is 4.90. The summed E-state index contributed by atoms with van der Waals surface area (Å²) in [5.74, 6) is 0.786. The normalized spacial score (nSPS) is 14.9. The summed E-state index contributed by atoms with van der Waals surface area (Å²) in [4.78, 5) is 0. The Balaban J connectivity index is 2.95. The highest BCUT2D eigenvalue weighted by atomic mass is 19.1. The molecule has 2 atom stereocenters. The summed E-state index contributed by atoms with van der Waals surface area (Å²) in [6.07, 6.45) is 1.03. The van der Waals surface area contributed by atoms with Crippen LogP contribution in [-0.4, -0.2) is 12.6 Å². The lowest BCUT2D eigenvalue weighted by atomic mass is 9.83. The predicted octanol–water partition coefficient (Wildman–Crippen LogP) is 3.95. The average Bonchev–Trinajstić information content (AvgIpc) is 2.29. The molecule has 0 bridgehead atoms. The maximum absolute atomic E-state index is 13.3. The minimum atomic E-state index is -0.139. The Morgan fingerprint density at radius 3 is 2.41 bits per heavy atom. The summed E-state index contributed by atoms with van der Waals surface area (Å²) < 4.78 is 13.3. The molecule has 0 aliphatic rings. The lowest BCUT2D eigenvalue weighted by Crippen LogP contribution is -2.39. The van der Waals surface area contributed by atoms with Gasteiger partial charge in [0.25, 0.3) is 0 Å². The van der Waals surface area contributed by atoms with Crippen LogP contribution in [0.25, 0.3) is 0 Å². The van der Waals surface area contributed by atoms with Crippen molar-refractivity contribution in [2.45, 2.75) is 46.1 Å². The van der Waals surface area contributed by atoms with E-state index in [1.807, 2.05) is 6.07 Å².